The Morgan fingerprint density at radius 2 is 1.44 bits per heavy atom. The number of rotatable bonds is 11. The van der Waals surface area contributed by atoms with Gasteiger partial charge >= 0.3 is 0 Å². The molecule has 0 bridgehead atoms. The van der Waals surface area contributed by atoms with Crippen molar-refractivity contribution in [1.82, 2.24) is 4.90 Å². The highest BCUT2D eigenvalue weighted by molar-refractivity contribution is 5.90. The lowest BCUT2D eigenvalue weighted by molar-refractivity contribution is 0.265. The van der Waals surface area contributed by atoms with E-state index in [0.717, 1.165) is 0 Å². The number of aryl methyl sites for hydroxylation is 2. The molecule has 3 rings (SSSR count). The smallest absolute Gasteiger partial charge is 0.00220 e. The monoisotopic (exact) mass is 365 g/mol. The van der Waals surface area contributed by atoms with Crippen LogP contribution in [0.2, 0.25) is 0 Å². The second kappa shape index (κ2) is 10.9. The molecule has 1 aliphatic carbocycles. The Hall–Kier alpha value is -1.34. The van der Waals surface area contributed by atoms with Crippen molar-refractivity contribution in [1.29, 1.82) is 0 Å². The summed E-state index contributed by atoms with van der Waals surface area (Å²) in [6.45, 7) is 8.39. The number of nitrogens with zero attached hydrogens (tertiary/aromatic N) is 1. The lowest BCUT2D eigenvalue weighted by atomic mass is 9.85. The molecule has 1 nitrogen and oxygen atoms in total. The van der Waals surface area contributed by atoms with Crippen LogP contribution < -0.4 is 0 Å². The minimum absolute atomic E-state index is 1.20. The van der Waals surface area contributed by atoms with Gasteiger partial charge in [0.25, 0.3) is 0 Å². The van der Waals surface area contributed by atoms with Gasteiger partial charge in [0.1, 0.15) is 0 Å². The first-order valence-corrected chi connectivity index (χ1v) is 11.6. The van der Waals surface area contributed by atoms with E-state index in [9.17, 15) is 0 Å². The molecule has 0 unspecified atom stereocenters. The maximum Gasteiger partial charge on any atom is 0.00220 e. The molecule has 0 radical (unpaired) electrons. The Morgan fingerprint density at radius 3 is 2.15 bits per heavy atom. The van der Waals surface area contributed by atoms with Crippen LogP contribution in [0.25, 0.3) is 10.8 Å². The quantitative estimate of drug-likeness (QED) is 0.390. The van der Waals surface area contributed by atoms with Crippen LogP contribution in [-0.4, -0.2) is 24.5 Å². The zero-order chi connectivity index (χ0) is 18.9. The first kappa shape index (κ1) is 20.4. The van der Waals surface area contributed by atoms with E-state index in [1.807, 2.05) is 0 Å². The van der Waals surface area contributed by atoms with Gasteiger partial charge in [0.2, 0.25) is 0 Å². The van der Waals surface area contributed by atoms with E-state index in [-0.39, 0.29) is 0 Å². The van der Waals surface area contributed by atoms with Gasteiger partial charge in [-0.05, 0) is 85.5 Å². The molecule has 0 amide bonds. The van der Waals surface area contributed by atoms with Gasteiger partial charge in [0.05, 0.1) is 0 Å². The average molecular weight is 366 g/mol. The highest BCUT2D eigenvalue weighted by Gasteiger charge is 2.15. The number of fused-ring (bicyclic) bond motifs is 3. The van der Waals surface area contributed by atoms with E-state index in [2.05, 4.69) is 49.1 Å². The van der Waals surface area contributed by atoms with Gasteiger partial charge in [-0.3, -0.25) is 0 Å². The summed E-state index contributed by atoms with van der Waals surface area (Å²) in [5.41, 5.74) is 4.86. The van der Waals surface area contributed by atoms with Crippen molar-refractivity contribution in [3.8, 4) is 0 Å². The zero-order valence-corrected chi connectivity index (χ0v) is 17.7. The molecule has 0 fully saturated rings. The molecule has 2 aromatic carbocycles. The van der Waals surface area contributed by atoms with Crippen LogP contribution in [0.15, 0.2) is 30.3 Å². The Balaban J connectivity index is 1.73. The summed E-state index contributed by atoms with van der Waals surface area (Å²) in [4.78, 5) is 2.74. The Kier molecular flexibility index (Phi) is 8.20. The Bertz CT molecular complexity index is 693. The Labute approximate surface area is 167 Å². The van der Waals surface area contributed by atoms with Crippen LogP contribution in [0.1, 0.15) is 81.9 Å². The molecule has 27 heavy (non-hydrogen) atoms. The van der Waals surface area contributed by atoms with E-state index < -0.39 is 0 Å². The summed E-state index contributed by atoms with van der Waals surface area (Å²) in [5, 5.41) is 3.05. The minimum atomic E-state index is 1.20. The molecule has 1 aliphatic rings. The first-order valence-electron chi connectivity index (χ1n) is 11.6. The van der Waals surface area contributed by atoms with Crippen LogP contribution >= 0.6 is 0 Å². The van der Waals surface area contributed by atoms with Crippen LogP contribution in [0, 0.1) is 0 Å². The fourth-order valence-corrected chi connectivity index (χ4v) is 4.70. The van der Waals surface area contributed by atoms with Gasteiger partial charge in [-0.1, -0.05) is 69.9 Å². The van der Waals surface area contributed by atoms with Crippen LogP contribution in [0.4, 0.5) is 0 Å². The number of benzene rings is 2. The molecule has 148 valence electrons. The van der Waals surface area contributed by atoms with Crippen LogP contribution in [-0.2, 0) is 19.3 Å². The predicted octanol–water partition coefficient (Wildman–Crippen LogP) is 6.94. The van der Waals surface area contributed by atoms with Gasteiger partial charge in [-0.15, -0.1) is 0 Å². The SMILES string of the molecule is CCCCCN(CCCCC)CCc1cc2c(c3ccccc13)CCCC2. The summed E-state index contributed by atoms with van der Waals surface area (Å²) in [5.74, 6) is 0. The maximum atomic E-state index is 2.74. The van der Waals surface area contributed by atoms with Gasteiger partial charge in [0.15, 0.2) is 0 Å². The largest absolute Gasteiger partial charge is 0.303 e. The molecule has 0 saturated carbocycles. The van der Waals surface area contributed by atoms with Crippen molar-refractivity contribution in [3.05, 3.63) is 47.0 Å². The maximum absolute atomic E-state index is 2.74. The predicted molar refractivity (Wildman–Crippen MR) is 120 cm³/mol. The number of unbranched alkanes of at least 4 members (excludes halogenated alkanes) is 4. The summed E-state index contributed by atoms with van der Waals surface area (Å²) in [6.07, 6.45) is 14.6. The molecule has 2 aromatic rings. The van der Waals surface area contributed by atoms with Crippen molar-refractivity contribution < 1.29 is 0 Å². The molecule has 0 saturated heterocycles. The van der Waals surface area contributed by atoms with E-state index in [1.54, 1.807) is 16.7 Å². The molecule has 1 heteroatoms. The molecule has 0 spiro atoms. The number of hydrogen-bond acceptors (Lipinski definition) is 1. The fourth-order valence-electron chi connectivity index (χ4n) is 4.70. The zero-order valence-electron chi connectivity index (χ0n) is 17.7. The van der Waals surface area contributed by atoms with Gasteiger partial charge < -0.3 is 4.90 Å². The third-order valence-corrected chi connectivity index (χ3v) is 6.31. The lowest BCUT2D eigenvalue weighted by Crippen LogP contribution is -2.28. The molecule has 0 aromatic heterocycles. The van der Waals surface area contributed by atoms with Crippen molar-refractivity contribution >= 4 is 10.8 Å². The van der Waals surface area contributed by atoms with Gasteiger partial charge in [-0.2, -0.15) is 0 Å². The van der Waals surface area contributed by atoms with Gasteiger partial charge in [-0.25, -0.2) is 0 Å². The molecule has 0 atom stereocenters. The molecule has 0 heterocycles. The van der Waals surface area contributed by atoms with Crippen LogP contribution in [0.3, 0.4) is 0 Å². The molecule has 0 N–H and O–H groups in total. The van der Waals surface area contributed by atoms with Crippen molar-refractivity contribution in [2.45, 2.75) is 84.5 Å². The normalized spacial score (nSPS) is 14.0. The van der Waals surface area contributed by atoms with E-state index in [0.29, 0.717) is 0 Å². The van der Waals surface area contributed by atoms with Crippen molar-refractivity contribution in [2.24, 2.45) is 0 Å². The number of hydrogen-bond donors (Lipinski definition) is 0. The first-order chi connectivity index (χ1) is 13.3. The van der Waals surface area contributed by atoms with E-state index in [1.165, 1.54) is 101 Å². The summed E-state index contributed by atoms with van der Waals surface area (Å²) >= 11 is 0. The van der Waals surface area contributed by atoms with Crippen LogP contribution in [0.5, 0.6) is 0 Å². The van der Waals surface area contributed by atoms with E-state index in [4.69, 9.17) is 0 Å². The van der Waals surface area contributed by atoms with E-state index >= 15 is 0 Å². The highest BCUT2D eigenvalue weighted by atomic mass is 15.1. The van der Waals surface area contributed by atoms with Gasteiger partial charge in [0, 0.05) is 6.54 Å². The standard InChI is InChI=1S/C26H39N/c1-3-5-11-18-27(19-12-6-4-2)20-17-23-21-22-13-7-8-14-24(22)26-16-10-9-15-25(23)26/h9-10,15-16,21H,3-8,11-14,17-20H2,1-2H3. The third-order valence-electron chi connectivity index (χ3n) is 6.31. The average Bonchev–Trinajstić information content (AvgIpc) is 2.71. The lowest BCUT2D eigenvalue weighted by Gasteiger charge is -2.24. The summed E-state index contributed by atoms with van der Waals surface area (Å²) < 4.78 is 0. The highest BCUT2D eigenvalue weighted by Crippen LogP contribution is 2.32. The van der Waals surface area contributed by atoms with Crippen molar-refractivity contribution in [3.63, 3.8) is 0 Å². The third kappa shape index (κ3) is 5.57. The molecule has 0 aliphatic heterocycles. The summed E-state index contributed by atoms with van der Waals surface area (Å²) in [7, 11) is 0. The molecular weight excluding hydrogens is 326 g/mol. The second-order valence-electron chi connectivity index (χ2n) is 8.43. The fraction of sp³-hybridized carbons (Fsp3) is 0.615. The Morgan fingerprint density at radius 1 is 0.778 bits per heavy atom. The minimum Gasteiger partial charge on any atom is -0.303 e. The molecular formula is C26H39N. The van der Waals surface area contributed by atoms with Crippen molar-refractivity contribution in [2.75, 3.05) is 19.6 Å². The topological polar surface area (TPSA) is 3.24 Å². The summed E-state index contributed by atoms with van der Waals surface area (Å²) in [6, 6.07) is 11.7. The second-order valence-corrected chi connectivity index (χ2v) is 8.43.